The Morgan fingerprint density at radius 3 is 3.00 bits per heavy atom. The van der Waals surface area contributed by atoms with Gasteiger partial charge in [0.25, 0.3) is 5.91 Å². The largest absolute Gasteiger partial charge is 0.348 e. The van der Waals surface area contributed by atoms with Gasteiger partial charge in [0.1, 0.15) is 5.52 Å². The maximum Gasteiger partial charge on any atom is 0.255 e. The van der Waals surface area contributed by atoms with E-state index in [-0.39, 0.29) is 17.9 Å². The number of nitrogens with zero attached hydrogens (tertiary/aromatic N) is 3. The lowest BCUT2D eigenvalue weighted by molar-refractivity contribution is 0.0934. The van der Waals surface area contributed by atoms with Crippen LogP contribution in [-0.2, 0) is 0 Å². The van der Waals surface area contributed by atoms with Crippen LogP contribution >= 0.6 is 0 Å². The van der Waals surface area contributed by atoms with Crippen LogP contribution in [0.25, 0.3) is 11.2 Å². The van der Waals surface area contributed by atoms with E-state index in [1.54, 1.807) is 12.4 Å². The van der Waals surface area contributed by atoms with Gasteiger partial charge in [-0.25, -0.2) is 9.97 Å². The van der Waals surface area contributed by atoms with Crippen LogP contribution in [0.2, 0.25) is 0 Å². The molecular formula is C16H17N5O. The van der Waals surface area contributed by atoms with E-state index in [4.69, 9.17) is 5.26 Å². The van der Waals surface area contributed by atoms with Crippen LogP contribution in [0, 0.1) is 17.2 Å². The Morgan fingerprint density at radius 2 is 2.23 bits per heavy atom. The number of fused-ring (bicyclic) bond motifs is 1. The van der Waals surface area contributed by atoms with Crippen molar-refractivity contribution in [3.05, 3.63) is 23.7 Å². The Morgan fingerprint density at radius 1 is 1.36 bits per heavy atom. The number of nitriles is 1. The van der Waals surface area contributed by atoms with E-state index in [0.717, 1.165) is 37.8 Å². The van der Waals surface area contributed by atoms with Crippen molar-refractivity contribution in [3.63, 3.8) is 0 Å². The number of hydrogen-bond acceptors (Lipinski definition) is 4. The minimum atomic E-state index is -0.166. The van der Waals surface area contributed by atoms with Crippen molar-refractivity contribution < 1.29 is 4.79 Å². The average Bonchev–Trinajstić information content (AvgIpc) is 3.14. The topological polar surface area (TPSA) is 94.5 Å². The number of aromatic amines is 1. The quantitative estimate of drug-likeness (QED) is 0.908. The van der Waals surface area contributed by atoms with Gasteiger partial charge in [-0.3, -0.25) is 4.79 Å². The second-order valence-electron chi connectivity index (χ2n) is 6.22. The number of aromatic nitrogens is 3. The third kappa shape index (κ3) is 2.23. The van der Waals surface area contributed by atoms with Gasteiger partial charge in [-0.15, -0.1) is 0 Å². The summed E-state index contributed by atoms with van der Waals surface area (Å²) >= 11 is 0. The Bertz CT molecular complexity index is 770. The molecule has 2 aromatic heterocycles. The van der Waals surface area contributed by atoms with Crippen LogP contribution in [0.4, 0.5) is 0 Å². The Balaban J connectivity index is 1.61. The van der Waals surface area contributed by atoms with Gasteiger partial charge in [-0.1, -0.05) is 0 Å². The minimum Gasteiger partial charge on any atom is -0.348 e. The molecule has 2 heterocycles. The lowest BCUT2D eigenvalue weighted by atomic mass is 10.1. The van der Waals surface area contributed by atoms with E-state index in [1.165, 1.54) is 0 Å². The van der Waals surface area contributed by atoms with Gasteiger partial charge in [0.05, 0.1) is 29.4 Å². The highest BCUT2D eigenvalue weighted by Gasteiger charge is 2.30. The zero-order valence-corrected chi connectivity index (χ0v) is 12.2. The molecule has 0 bridgehead atoms. The molecule has 0 aliphatic heterocycles. The van der Waals surface area contributed by atoms with E-state index >= 15 is 0 Å². The van der Waals surface area contributed by atoms with Crippen molar-refractivity contribution in [2.24, 2.45) is 5.92 Å². The molecule has 2 N–H and O–H groups in total. The lowest BCUT2D eigenvalue weighted by Gasteiger charge is -2.15. The molecule has 0 saturated heterocycles. The first-order chi connectivity index (χ1) is 10.8. The second kappa shape index (κ2) is 5.09. The predicted molar refractivity (Wildman–Crippen MR) is 80.1 cm³/mol. The molecule has 1 amide bonds. The van der Waals surface area contributed by atoms with Crippen molar-refractivity contribution in [1.29, 1.82) is 5.26 Å². The maximum atomic E-state index is 12.5. The summed E-state index contributed by atoms with van der Waals surface area (Å²) in [6, 6.07) is 2.23. The summed E-state index contributed by atoms with van der Waals surface area (Å²) in [4.78, 5) is 24.5. The molecule has 0 aromatic carbocycles. The Hall–Kier alpha value is -2.42. The van der Waals surface area contributed by atoms with Gasteiger partial charge in [-0.05, 0) is 32.1 Å². The SMILES string of the molecule is N#CC1CCCC1NC(=O)c1c[nH]c2ncc(C3CC3)nc12. The smallest absolute Gasteiger partial charge is 0.255 e. The normalized spacial score (nSPS) is 24.3. The van der Waals surface area contributed by atoms with Gasteiger partial charge in [0.2, 0.25) is 0 Å². The standard InChI is InChI=1S/C16H17N5O/c17-6-10-2-1-3-12(10)21-16(22)11-7-18-15-14(11)20-13(8-19-15)9-4-5-9/h7-10,12H,1-5H2,(H,18,19)(H,21,22). The fourth-order valence-electron chi connectivity index (χ4n) is 3.19. The fourth-order valence-corrected chi connectivity index (χ4v) is 3.19. The maximum absolute atomic E-state index is 12.5. The van der Waals surface area contributed by atoms with Crippen molar-refractivity contribution in [2.45, 2.75) is 44.1 Å². The number of amides is 1. The average molecular weight is 295 g/mol. The number of rotatable bonds is 3. The van der Waals surface area contributed by atoms with E-state index in [2.05, 4.69) is 26.3 Å². The van der Waals surface area contributed by atoms with E-state index in [1.807, 2.05) is 0 Å². The van der Waals surface area contributed by atoms with Gasteiger partial charge in [-0.2, -0.15) is 5.26 Å². The van der Waals surface area contributed by atoms with Crippen LogP contribution in [0.3, 0.4) is 0 Å². The van der Waals surface area contributed by atoms with Crippen LogP contribution < -0.4 is 5.32 Å². The Kier molecular flexibility index (Phi) is 3.07. The molecule has 2 aromatic rings. The predicted octanol–water partition coefficient (Wildman–Crippen LogP) is 2.26. The summed E-state index contributed by atoms with van der Waals surface area (Å²) in [5.41, 5.74) is 2.76. The van der Waals surface area contributed by atoms with Crippen LogP contribution in [0.15, 0.2) is 12.4 Å². The molecule has 2 aliphatic carbocycles. The fraction of sp³-hybridized carbons (Fsp3) is 0.500. The first kappa shape index (κ1) is 13.3. The van der Waals surface area contributed by atoms with E-state index in [9.17, 15) is 4.79 Å². The van der Waals surface area contributed by atoms with Gasteiger partial charge >= 0.3 is 0 Å². The van der Waals surface area contributed by atoms with Crippen LogP contribution in [-0.4, -0.2) is 26.9 Å². The molecule has 22 heavy (non-hydrogen) atoms. The molecule has 6 nitrogen and oxygen atoms in total. The first-order valence-corrected chi connectivity index (χ1v) is 7.81. The number of nitrogens with one attached hydrogen (secondary N) is 2. The molecular weight excluding hydrogens is 278 g/mol. The molecule has 2 aliphatic rings. The van der Waals surface area contributed by atoms with Gasteiger partial charge in [0.15, 0.2) is 5.65 Å². The van der Waals surface area contributed by atoms with Gasteiger partial charge in [0, 0.05) is 18.2 Å². The summed E-state index contributed by atoms with van der Waals surface area (Å²) in [6.45, 7) is 0. The molecule has 2 saturated carbocycles. The molecule has 2 fully saturated rings. The summed E-state index contributed by atoms with van der Waals surface area (Å²) in [6.07, 6.45) is 8.47. The highest BCUT2D eigenvalue weighted by Crippen LogP contribution is 2.39. The van der Waals surface area contributed by atoms with E-state index in [0.29, 0.717) is 22.6 Å². The summed E-state index contributed by atoms with van der Waals surface area (Å²) in [5, 5.41) is 12.1. The lowest BCUT2D eigenvalue weighted by Crippen LogP contribution is -2.36. The highest BCUT2D eigenvalue weighted by molar-refractivity contribution is 6.04. The van der Waals surface area contributed by atoms with Crippen LogP contribution in [0.1, 0.15) is 54.1 Å². The first-order valence-electron chi connectivity index (χ1n) is 7.81. The van der Waals surface area contributed by atoms with Gasteiger partial charge < -0.3 is 10.3 Å². The highest BCUT2D eigenvalue weighted by atomic mass is 16.1. The number of carbonyl (C=O) groups excluding carboxylic acids is 1. The second-order valence-corrected chi connectivity index (χ2v) is 6.22. The van der Waals surface area contributed by atoms with Crippen molar-refractivity contribution in [1.82, 2.24) is 20.3 Å². The van der Waals surface area contributed by atoms with Crippen molar-refractivity contribution in [3.8, 4) is 6.07 Å². The molecule has 6 heteroatoms. The zero-order chi connectivity index (χ0) is 15.1. The zero-order valence-electron chi connectivity index (χ0n) is 12.2. The monoisotopic (exact) mass is 295 g/mol. The molecule has 0 radical (unpaired) electrons. The molecule has 4 rings (SSSR count). The van der Waals surface area contributed by atoms with Crippen molar-refractivity contribution >= 4 is 17.1 Å². The number of carbonyl (C=O) groups is 1. The third-order valence-corrected chi connectivity index (χ3v) is 4.64. The summed E-state index contributed by atoms with van der Waals surface area (Å²) in [5.74, 6) is 0.253. The Labute approximate surface area is 128 Å². The number of hydrogen-bond donors (Lipinski definition) is 2. The summed E-state index contributed by atoms with van der Waals surface area (Å²) in [7, 11) is 0. The minimum absolute atomic E-state index is 0.0537. The van der Waals surface area contributed by atoms with E-state index < -0.39 is 0 Å². The summed E-state index contributed by atoms with van der Waals surface area (Å²) < 4.78 is 0. The van der Waals surface area contributed by atoms with Crippen molar-refractivity contribution in [2.75, 3.05) is 0 Å². The number of H-pyrrole nitrogens is 1. The molecule has 0 spiro atoms. The molecule has 112 valence electrons. The molecule has 2 atom stereocenters. The molecule has 2 unspecified atom stereocenters. The van der Waals surface area contributed by atoms with Crippen LogP contribution in [0.5, 0.6) is 0 Å². The third-order valence-electron chi connectivity index (χ3n) is 4.64.